The number of rotatable bonds is 6. The Labute approximate surface area is 180 Å². The Morgan fingerprint density at radius 1 is 1.13 bits per heavy atom. The van der Waals surface area contributed by atoms with Crippen molar-refractivity contribution < 1.29 is 32.2 Å². The minimum absolute atomic E-state index is 0.0000566. The van der Waals surface area contributed by atoms with Crippen LogP contribution in [0.25, 0.3) is 0 Å². The summed E-state index contributed by atoms with van der Waals surface area (Å²) in [5, 5.41) is 7.23. The van der Waals surface area contributed by atoms with E-state index in [2.05, 4.69) is 5.10 Å². The van der Waals surface area contributed by atoms with E-state index in [4.69, 9.17) is 9.47 Å². The number of nitrogens with one attached hydrogen (secondary N) is 1. The number of benzene rings is 2. The normalized spacial score (nSPS) is 14.2. The van der Waals surface area contributed by atoms with Gasteiger partial charge in [0, 0.05) is 17.0 Å². The van der Waals surface area contributed by atoms with Gasteiger partial charge >= 0.3 is 17.3 Å². The highest BCUT2D eigenvalue weighted by atomic mass is 32.2. The number of amides is 2. The monoisotopic (exact) mass is 453 g/mol. The molecule has 1 heterocycles. The van der Waals surface area contributed by atoms with E-state index >= 15 is 0 Å². The molecule has 0 saturated carbocycles. The molecule has 1 N–H and O–H groups in total. The van der Waals surface area contributed by atoms with Gasteiger partial charge in [0.2, 0.25) is 0 Å². The maximum absolute atomic E-state index is 12.3. The fraction of sp³-hybridized carbons (Fsp3) is 0.250. The number of thioether (sulfide) groups is 1. The molecule has 0 aromatic heterocycles. The second-order valence-electron chi connectivity index (χ2n) is 6.38. The summed E-state index contributed by atoms with van der Waals surface area (Å²) in [6.45, 7) is 0.121. The Hall–Kier alpha value is -3.21. The van der Waals surface area contributed by atoms with Crippen LogP contribution in [0.2, 0.25) is 0 Å². The van der Waals surface area contributed by atoms with Gasteiger partial charge in [-0.25, -0.2) is 5.01 Å². The molecule has 164 valence electrons. The quantitative estimate of drug-likeness (QED) is 0.706. The van der Waals surface area contributed by atoms with Crippen LogP contribution in [-0.4, -0.2) is 48.0 Å². The van der Waals surface area contributed by atoms with Gasteiger partial charge in [0.15, 0.2) is 11.5 Å². The lowest BCUT2D eigenvalue weighted by molar-refractivity contribution is -0.167. The van der Waals surface area contributed by atoms with Crippen molar-refractivity contribution in [3.8, 4) is 11.5 Å². The topological polar surface area (TPSA) is 80.2 Å². The number of halogens is 3. The fourth-order valence-electron chi connectivity index (χ4n) is 2.75. The molecule has 0 unspecified atom stereocenters. The van der Waals surface area contributed by atoms with Crippen LogP contribution in [0.3, 0.4) is 0 Å². The number of carbonyl (C=O) groups is 2. The first kappa shape index (κ1) is 22.5. The highest BCUT2D eigenvalue weighted by Crippen LogP contribution is 2.30. The number of hydrogen-bond acceptors (Lipinski definition) is 6. The summed E-state index contributed by atoms with van der Waals surface area (Å²) >= 11 is 1.09. The predicted octanol–water partition coefficient (Wildman–Crippen LogP) is 4.28. The molecule has 0 aliphatic carbocycles. The van der Waals surface area contributed by atoms with Gasteiger partial charge < -0.3 is 14.8 Å². The van der Waals surface area contributed by atoms with Gasteiger partial charge in [-0.3, -0.25) is 9.59 Å². The van der Waals surface area contributed by atoms with E-state index in [0.717, 1.165) is 17.3 Å². The number of hydrazone groups is 1. The molecule has 0 bridgehead atoms. The first-order chi connectivity index (χ1) is 14.7. The number of methoxy groups -OCH3 is 2. The molecule has 2 aromatic rings. The molecule has 31 heavy (non-hydrogen) atoms. The van der Waals surface area contributed by atoms with Gasteiger partial charge in [-0.15, -0.1) is 0 Å². The summed E-state index contributed by atoms with van der Waals surface area (Å²) in [4.78, 5) is 23.3. The maximum atomic E-state index is 12.3. The van der Waals surface area contributed by atoms with Crippen LogP contribution in [0.15, 0.2) is 47.6 Å². The highest BCUT2D eigenvalue weighted by Gasteiger charge is 2.38. The number of nitrogens with zero attached hydrogens (tertiary/aromatic N) is 2. The van der Waals surface area contributed by atoms with Crippen molar-refractivity contribution in [3.63, 3.8) is 0 Å². The standard InChI is InChI=1S/C20H18F3N3O4S/c1-29-16-8-5-13(9-17(16)30-2)15-11-31-19(28)26(25-15)10-12-3-6-14(7-4-12)24-18(27)20(21,22)23/h3-9H,10-11H2,1-2H3,(H,24,27). The Morgan fingerprint density at radius 3 is 2.42 bits per heavy atom. The summed E-state index contributed by atoms with van der Waals surface area (Å²) in [6.07, 6.45) is -4.97. The van der Waals surface area contributed by atoms with Crippen LogP contribution in [0.1, 0.15) is 11.1 Å². The summed E-state index contributed by atoms with van der Waals surface area (Å²) in [5.41, 5.74) is 2.07. The third-order valence-electron chi connectivity index (χ3n) is 4.30. The molecule has 2 amide bonds. The van der Waals surface area contributed by atoms with Crippen LogP contribution in [0.5, 0.6) is 11.5 Å². The summed E-state index contributed by atoms with van der Waals surface area (Å²) in [7, 11) is 3.06. The highest BCUT2D eigenvalue weighted by molar-refractivity contribution is 8.14. The van der Waals surface area contributed by atoms with E-state index in [1.165, 1.54) is 43.5 Å². The number of hydrogen-bond donors (Lipinski definition) is 1. The van der Waals surface area contributed by atoms with E-state index < -0.39 is 12.1 Å². The van der Waals surface area contributed by atoms with Crippen LogP contribution in [-0.2, 0) is 11.3 Å². The van der Waals surface area contributed by atoms with Gasteiger partial charge in [0.1, 0.15) is 0 Å². The van der Waals surface area contributed by atoms with Crippen molar-refractivity contribution in [2.75, 3.05) is 25.3 Å². The predicted molar refractivity (Wildman–Crippen MR) is 111 cm³/mol. The molecule has 0 spiro atoms. The Bertz CT molecular complexity index is 1010. The number of anilines is 1. The van der Waals surface area contributed by atoms with Gasteiger partial charge in [-0.05, 0) is 35.9 Å². The minimum Gasteiger partial charge on any atom is -0.493 e. The lowest BCUT2D eigenvalue weighted by Crippen LogP contribution is -2.30. The molecular weight excluding hydrogens is 435 g/mol. The molecule has 3 rings (SSSR count). The molecule has 0 saturated heterocycles. The molecule has 11 heteroatoms. The molecular formula is C20H18F3N3O4S. The van der Waals surface area contributed by atoms with Crippen molar-refractivity contribution in [2.24, 2.45) is 5.10 Å². The SMILES string of the molecule is COc1ccc(C2=NN(Cc3ccc(NC(=O)C(F)(F)F)cc3)C(=O)SC2)cc1OC. The van der Waals surface area contributed by atoms with E-state index in [1.54, 1.807) is 17.4 Å². The fourth-order valence-corrected chi connectivity index (χ4v) is 3.48. The second-order valence-corrected chi connectivity index (χ2v) is 7.30. The molecule has 0 fully saturated rings. The zero-order valence-electron chi connectivity index (χ0n) is 16.5. The number of ether oxygens (including phenoxy) is 2. The van der Waals surface area contributed by atoms with Crippen molar-refractivity contribution in [2.45, 2.75) is 12.7 Å². The van der Waals surface area contributed by atoms with E-state index in [1.807, 2.05) is 6.07 Å². The molecule has 1 aliphatic heterocycles. The maximum Gasteiger partial charge on any atom is 0.471 e. The summed E-state index contributed by atoms with van der Waals surface area (Å²) in [6, 6.07) is 11.0. The van der Waals surface area contributed by atoms with Crippen molar-refractivity contribution >= 4 is 34.3 Å². The average molecular weight is 453 g/mol. The third-order valence-corrected chi connectivity index (χ3v) is 5.18. The zero-order valence-corrected chi connectivity index (χ0v) is 17.3. The van der Waals surface area contributed by atoms with Crippen molar-refractivity contribution in [1.82, 2.24) is 5.01 Å². The first-order valence-corrected chi connectivity index (χ1v) is 9.91. The lowest BCUT2D eigenvalue weighted by Gasteiger charge is -2.23. The van der Waals surface area contributed by atoms with E-state index in [0.29, 0.717) is 28.5 Å². The first-order valence-electron chi connectivity index (χ1n) is 8.92. The molecule has 2 aromatic carbocycles. The van der Waals surface area contributed by atoms with Gasteiger partial charge in [-0.2, -0.15) is 18.3 Å². The van der Waals surface area contributed by atoms with E-state index in [9.17, 15) is 22.8 Å². The summed E-state index contributed by atoms with van der Waals surface area (Å²) in [5.74, 6) is -0.562. The van der Waals surface area contributed by atoms with Crippen LogP contribution >= 0.6 is 11.8 Å². The number of alkyl halides is 3. The molecule has 0 radical (unpaired) electrons. The van der Waals surface area contributed by atoms with E-state index in [-0.39, 0.29) is 17.5 Å². The minimum atomic E-state index is -4.97. The lowest BCUT2D eigenvalue weighted by atomic mass is 10.1. The van der Waals surface area contributed by atoms with Gasteiger partial charge in [-0.1, -0.05) is 23.9 Å². The zero-order chi connectivity index (χ0) is 22.6. The summed E-state index contributed by atoms with van der Waals surface area (Å²) < 4.78 is 47.6. The van der Waals surface area contributed by atoms with Crippen LogP contribution < -0.4 is 14.8 Å². The van der Waals surface area contributed by atoms with Crippen molar-refractivity contribution in [1.29, 1.82) is 0 Å². The number of carbonyl (C=O) groups excluding carboxylic acids is 2. The van der Waals surface area contributed by atoms with Crippen LogP contribution in [0, 0.1) is 0 Å². The largest absolute Gasteiger partial charge is 0.493 e. The van der Waals surface area contributed by atoms with Gasteiger partial charge in [0.25, 0.3) is 0 Å². The smallest absolute Gasteiger partial charge is 0.471 e. The Kier molecular flexibility index (Phi) is 6.74. The third kappa shape index (κ3) is 5.48. The van der Waals surface area contributed by atoms with Crippen LogP contribution in [0.4, 0.5) is 23.7 Å². The molecule has 0 atom stereocenters. The Morgan fingerprint density at radius 2 is 1.81 bits per heavy atom. The van der Waals surface area contributed by atoms with Crippen molar-refractivity contribution in [3.05, 3.63) is 53.6 Å². The molecule has 1 aliphatic rings. The molecule has 7 nitrogen and oxygen atoms in total. The Balaban J connectivity index is 1.75. The van der Waals surface area contributed by atoms with Gasteiger partial charge in [0.05, 0.1) is 26.5 Å². The average Bonchev–Trinajstić information content (AvgIpc) is 2.75. The second kappa shape index (κ2) is 9.29.